The maximum absolute atomic E-state index is 13.5. The Kier molecular flexibility index (Phi) is 44.7. The molecule has 4 heterocycles. The number of carboxylic acid groups (broad SMARTS) is 1. The van der Waals surface area contributed by atoms with E-state index < -0.39 is 198 Å². The van der Waals surface area contributed by atoms with Crippen LogP contribution in [-0.4, -0.2) is 264 Å². The van der Waals surface area contributed by atoms with Gasteiger partial charge >= 0.3 is 29.6 Å². The second kappa shape index (κ2) is 48.7. The predicted octanol–water partition coefficient (Wildman–Crippen LogP) is -3.20. The molecule has 4 aliphatic rings. The van der Waals surface area contributed by atoms with Gasteiger partial charge in [0.1, 0.15) is 97.5 Å². The van der Waals surface area contributed by atoms with Crippen LogP contribution in [0.5, 0.6) is 0 Å². The number of amides is 3. The summed E-state index contributed by atoms with van der Waals surface area (Å²) in [7, 11) is 0. The molecule has 0 aromatic heterocycles. The molecule has 4 fully saturated rings. The van der Waals surface area contributed by atoms with E-state index in [0.717, 1.165) is 65.2 Å². The fourth-order valence-electron chi connectivity index (χ4n) is 12.8. The molecule has 30 heteroatoms. The minimum atomic E-state index is -3.39. The normalized spacial score (nSPS) is 32.0. The summed E-state index contributed by atoms with van der Waals surface area (Å²) in [5.74, 6) is -7.75. The van der Waals surface area contributed by atoms with Crippen LogP contribution >= 0.6 is 0 Å². The average molecular weight is 1410 g/mol. The minimum absolute atomic E-state index is 0. The predicted molar refractivity (Wildman–Crippen MR) is 343 cm³/mol. The number of carbonyl (C=O) groups excluding carboxylic acids is 4. The maximum Gasteiger partial charge on any atom is 1.00 e. The van der Waals surface area contributed by atoms with Crippen LogP contribution in [0.3, 0.4) is 0 Å². The first-order valence-electron chi connectivity index (χ1n) is 35.5. The molecule has 0 spiro atoms. The van der Waals surface area contributed by atoms with E-state index >= 15 is 0 Å². The number of aliphatic carboxylic acids is 1. The Hall–Kier alpha value is -2.22. The zero-order valence-electron chi connectivity index (χ0n) is 58.0. The second-order valence-corrected chi connectivity index (χ2v) is 26.5. The van der Waals surface area contributed by atoms with E-state index in [-0.39, 0.29) is 41.9 Å². The van der Waals surface area contributed by atoms with Crippen molar-refractivity contribution in [3.63, 3.8) is 0 Å². The van der Waals surface area contributed by atoms with E-state index in [4.69, 9.17) is 37.9 Å². The summed E-state index contributed by atoms with van der Waals surface area (Å²) in [6.45, 7) is 1.65. The molecule has 97 heavy (non-hydrogen) atoms. The van der Waals surface area contributed by atoms with E-state index in [9.17, 15) is 90.7 Å². The standard InChI is InChI=1S/C67H121N3O26.Na/c1-5-7-9-11-13-15-17-19-20-22-24-26-28-30-32-34-50(80)70-43(44(77)33-31-29-27-25-23-21-18-16-14-12-10-8-6-2)40-89-64-57(85)56(84)59(48(38-73)91-64)93-65-58(86)62(60(49(39-74)92-65)94-63-52(69-42(4)76)55(83)54(82)47(37-72)90-63)96-67(66(87)88)35-45(78)51(68-41(3)75)61(95-67)53(81)46(79)36-71;/h31,33,43-49,51-65,71-74,77-79,81-86H,5-30,32,34-40H2,1-4H3,(H,68,75)(H,69,76)(H,70,80)(H,87,88);/q;+1/p-1/t43-,44+,45-,46+,47+,48+,49+,51+,52+,53+,54-,55+,56+,57+,58+,59+,60-,61+,62+,63-,64+,65-,67-;/m0./s1. The van der Waals surface area contributed by atoms with Gasteiger partial charge in [0.15, 0.2) is 18.9 Å². The third kappa shape index (κ3) is 29.4. The summed E-state index contributed by atoms with van der Waals surface area (Å²) in [4.78, 5) is 51.8. The van der Waals surface area contributed by atoms with Crippen molar-refractivity contribution in [1.29, 1.82) is 0 Å². The van der Waals surface area contributed by atoms with Crippen LogP contribution < -0.4 is 50.6 Å². The van der Waals surface area contributed by atoms with E-state index in [1.54, 1.807) is 6.08 Å². The van der Waals surface area contributed by atoms with Gasteiger partial charge in [0.2, 0.25) is 23.5 Å². The molecule has 0 unspecified atom stereocenters. The van der Waals surface area contributed by atoms with Crippen molar-refractivity contribution in [3.8, 4) is 0 Å². The molecule has 560 valence electrons. The summed E-state index contributed by atoms with van der Waals surface area (Å²) in [5, 5.41) is 165. The quantitative estimate of drug-likeness (QED) is 0.0162. The molecular weight excluding hydrogens is 1290 g/mol. The van der Waals surface area contributed by atoms with Crippen molar-refractivity contribution in [3.05, 3.63) is 12.2 Å². The van der Waals surface area contributed by atoms with E-state index in [0.29, 0.717) is 12.8 Å². The number of rotatable bonds is 49. The molecule has 0 saturated carbocycles. The van der Waals surface area contributed by atoms with Crippen molar-refractivity contribution in [1.82, 2.24) is 16.0 Å². The van der Waals surface area contributed by atoms with Gasteiger partial charge in [-0.25, -0.2) is 0 Å². The molecule has 16 N–H and O–H groups in total. The van der Waals surface area contributed by atoms with E-state index in [1.807, 2.05) is 6.08 Å². The van der Waals surface area contributed by atoms with Gasteiger partial charge in [-0.2, -0.15) is 0 Å². The number of aliphatic hydroxyl groups is 13. The number of nitrogens with one attached hydrogen (secondary N) is 3. The number of carbonyl (C=O) groups is 4. The van der Waals surface area contributed by atoms with E-state index in [2.05, 4.69) is 29.8 Å². The van der Waals surface area contributed by atoms with Gasteiger partial charge in [0.25, 0.3) is 0 Å². The average Bonchev–Trinajstić information content (AvgIpc) is 0.761. The monoisotopic (exact) mass is 1410 g/mol. The summed E-state index contributed by atoms with van der Waals surface area (Å²) in [6.07, 6.45) is -5.12. The van der Waals surface area contributed by atoms with Gasteiger partial charge in [-0.3, -0.25) is 14.4 Å². The van der Waals surface area contributed by atoms with Crippen LogP contribution in [0, 0.1) is 0 Å². The number of ether oxygens (including phenoxy) is 8. The number of unbranched alkanes of at least 4 members (excludes halogenated alkanes) is 25. The molecule has 0 aliphatic carbocycles. The molecule has 4 saturated heterocycles. The first kappa shape index (κ1) is 89.0. The third-order valence-electron chi connectivity index (χ3n) is 18.5. The molecule has 23 atom stereocenters. The Morgan fingerprint density at radius 3 is 1.52 bits per heavy atom. The van der Waals surface area contributed by atoms with Gasteiger partial charge in [-0.1, -0.05) is 180 Å². The van der Waals surface area contributed by atoms with Crippen LogP contribution in [0.4, 0.5) is 0 Å². The number of hydrogen-bond donors (Lipinski definition) is 16. The fraction of sp³-hybridized carbons (Fsp3) is 0.910. The van der Waals surface area contributed by atoms with Crippen LogP contribution in [0.1, 0.15) is 214 Å². The summed E-state index contributed by atoms with van der Waals surface area (Å²) >= 11 is 0. The van der Waals surface area contributed by atoms with Crippen molar-refractivity contribution >= 4 is 23.7 Å². The van der Waals surface area contributed by atoms with Crippen molar-refractivity contribution in [2.24, 2.45) is 0 Å². The van der Waals surface area contributed by atoms with Gasteiger partial charge < -0.3 is 130 Å². The summed E-state index contributed by atoms with van der Waals surface area (Å²) in [5.41, 5.74) is 0. The van der Waals surface area contributed by atoms with Crippen molar-refractivity contribution in [2.75, 3.05) is 33.0 Å². The van der Waals surface area contributed by atoms with Gasteiger partial charge in [0, 0.05) is 26.7 Å². The smallest absolute Gasteiger partial charge is 0.544 e. The Labute approximate surface area is 594 Å². The zero-order chi connectivity index (χ0) is 70.7. The fourth-order valence-corrected chi connectivity index (χ4v) is 12.8. The molecule has 0 aromatic rings. The Bertz CT molecular complexity index is 2180. The SMILES string of the molecule is CCCCCCCCCCCCCC=C[C@@H](O)[C@H](CO[C@@H]1O[C@H](CO)[C@@H](O[C@@H]2O[C@H](CO)[C@H](O[C@@H]3O[C@H](CO)[C@H](O)[C@H](O)[C@H]3NC(C)=O)[C@H](O[C@]3(C(=O)[O-])C[C@H](O)[C@@H](NC(C)=O)[C@H]([C@H](O)[C@H](O)CO)O3)[C@H]2O)[C@H](O)[C@H]1O)NC(=O)CCCCCCCCCCCCCCCCC.[Na+]. The van der Waals surface area contributed by atoms with Crippen molar-refractivity contribution < 1.29 is 158 Å². The summed E-state index contributed by atoms with van der Waals surface area (Å²) in [6, 6.07) is -4.56. The molecule has 0 radical (unpaired) electrons. The van der Waals surface area contributed by atoms with Crippen molar-refractivity contribution in [2.45, 2.75) is 354 Å². The molecule has 29 nitrogen and oxygen atoms in total. The zero-order valence-corrected chi connectivity index (χ0v) is 60.0. The second-order valence-electron chi connectivity index (χ2n) is 26.5. The maximum atomic E-state index is 13.5. The Balaban J connectivity index is 0.0000245. The number of aliphatic hydroxyl groups excluding tert-OH is 13. The molecule has 0 bridgehead atoms. The topological polar surface area (TPSA) is 464 Å². The van der Waals surface area contributed by atoms with Gasteiger partial charge in [-0.05, 0) is 19.3 Å². The van der Waals surface area contributed by atoms with Crippen LogP contribution in [0.25, 0.3) is 0 Å². The van der Waals surface area contributed by atoms with Gasteiger partial charge in [0.05, 0.1) is 57.3 Å². The molecule has 4 rings (SSSR count). The molecular formula is C67H120N3NaO26. The number of allylic oxidation sites excluding steroid dienone is 1. The van der Waals surface area contributed by atoms with Crippen LogP contribution in [0.2, 0.25) is 0 Å². The Morgan fingerprint density at radius 1 is 0.557 bits per heavy atom. The third-order valence-corrected chi connectivity index (χ3v) is 18.5. The van der Waals surface area contributed by atoms with Gasteiger partial charge in [-0.15, -0.1) is 0 Å². The van der Waals surface area contributed by atoms with Crippen LogP contribution in [0.15, 0.2) is 12.2 Å². The summed E-state index contributed by atoms with van der Waals surface area (Å²) < 4.78 is 47.7. The largest absolute Gasteiger partial charge is 1.00 e. The number of carboxylic acids is 1. The first-order valence-corrected chi connectivity index (χ1v) is 35.5. The minimum Gasteiger partial charge on any atom is -0.544 e. The molecule has 4 aliphatic heterocycles. The van der Waals surface area contributed by atoms with Crippen LogP contribution in [-0.2, 0) is 57.1 Å². The first-order chi connectivity index (χ1) is 46.0. The van der Waals surface area contributed by atoms with E-state index in [1.165, 1.54) is 109 Å². The Morgan fingerprint density at radius 2 is 1.02 bits per heavy atom. The molecule has 3 amide bonds. The number of hydrogen-bond acceptors (Lipinski definition) is 26. The molecule has 0 aromatic carbocycles.